The second kappa shape index (κ2) is 6.73. The molecule has 7 nitrogen and oxygen atoms in total. The second-order valence-electron chi connectivity index (χ2n) is 7.45. The summed E-state index contributed by atoms with van der Waals surface area (Å²) in [5.74, 6) is 0.371. The van der Waals surface area contributed by atoms with Gasteiger partial charge in [0.05, 0.1) is 11.5 Å². The molecule has 9 heteroatoms. The average Bonchev–Trinajstić information content (AvgIpc) is 3.39. The summed E-state index contributed by atoms with van der Waals surface area (Å²) in [7, 11) is -4.04. The molecule has 1 aromatic carbocycles. The number of sulfonamides is 1. The van der Waals surface area contributed by atoms with Crippen molar-refractivity contribution >= 4 is 33.1 Å². The number of thiazole rings is 1. The summed E-state index contributed by atoms with van der Waals surface area (Å²) < 4.78 is 32.7. The quantitative estimate of drug-likeness (QED) is 0.797. The van der Waals surface area contributed by atoms with Gasteiger partial charge in [-0.15, -0.1) is 11.3 Å². The van der Waals surface area contributed by atoms with Gasteiger partial charge in [0, 0.05) is 5.69 Å². The first-order valence-electron chi connectivity index (χ1n) is 9.64. The molecule has 0 fully saturated rings. The van der Waals surface area contributed by atoms with Crippen LogP contribution in [0, 0.1) is 0 Å². The SMILES string of the molecule is O=C(Nc1c2c(cc3c1CCC3)CCC2)NS(=O)(=O)c1nc2c(s1)CCCO2. The normalized spacial score (nSPS) is 17.4. The van der Waals surface area contributed by atoms with Gasteiger partial charge in [-0.2, -0.15) is 13.4 Å². The van der Waals surface area contributed by atoms with Gasteiger partial charge in [0.1, 0.15) is 0 Å². The Bertz CT molecular complexity index is 1020. The number of carbonyl (C=O) groups excluding carboxylic acids is 1. The van der Waals surface area contributed by atoms with Crippen molar-refractivity contribution in [2.45, 2.75) is 55.7 Å². The number of benzene rings is 1. The maximum atomic E-state index is 12.6. The fourth-order valence-electron chi connectivity index (χ4n) is 4.38. The van der Waals surface area contributed by atoms with Crippen molar-refractivity contribution in [3.63, 3.8) is 0 Å². The number of urea groups is 1. The standard InChI is InChI=1S/C19H21N3O4S2/c23-18(22-28(24,25)19-21-17-15(27-19)8-3-9-26-17)20-16-13-6-1-4-11(13)10-12-5-2-7-14(12)16/h10H,1-9H2,(H2,20,22,23). The molecule has 0 saturated carbocycles. The van der Waals surface area contributed by atoms with Crippen LogP contribution in [0.15, 0.2) is 10.4 Å². The Balaban J connectivity index is 1.39. The Morgan fingerprint density at radius 3 is 2.43 bits per heavy atom. The Morgan fingerprint density at radius 2 is 1.75 bits per heavy atom. The third-order valence-electron chi connectivity index (χ3n) is 5.60. The van der Waals surface area contributed by atoms with Gasteiger partial charge in [-0.25, -0.2) is 9.52 Å². The van der Waals surface area contributed by atoms with Crippen molar-refractivity contribution in [1.29, 1.82) is 0 Å². The Labute approximate surface area is 167 Å². The molecule has 2 N–H and O–H groups in total. The van der Waals surface area contributed by atoms with Crippen LogP contribution in [0.3, 0.4) is 0 Å². The number of nitrogens with one attached hydrogen (secondary N) is 2. The van der Waals surface area contributed by atoms with Crippen LogP contribution in [0.4, 0.5) is 10.5 Å². The molecule has 2 aliphatic carbocycles. The third kappa shape index (κ3) is 3.06. The topological polar surface area (TPSA) is 97.4 Å². The van der Waals surface area contributed by atoms with Crippen LogP contribution in [0.25, 0.3) is 0 Å². The van der Waals surface area contributed by atoms with Gasteiger partial charge in [-0.1, -0.05) is 6.07 Å². The number of hydrogen-bond donors (Lipinski definition) is 2. The van der Waals surface area contributed by atoms with Crippen molar-refractivity contribution in [1.82, 2.24) is 9.71 Å². The molecule has 0 bridgehead atoms. The van der Waals surface area contributed by atoms with E-state index in [2.05, 4.69) is 21.1 Å². The van der Waals surface area contributed by atoms with Crippen molar-refractivity contribution in [2.75, 3.05) is 11.9 Å². The van der Waals surface area contributed by atoms with Gasteiger partial charge >= 0.3 is 6.03 Å². The number of rotatable bonds is 3. The summed E-state index contributed by atoms with van der Waals surface area (Å²) in [4.78, 5) is 17.5. The monoisotopic (exact) mass is 419 g/mol. The molecule has 1 aliphatic heterocycles. The van der Waals surface area contributed by atoms with E-state index < -0.39 is 16.1 Å². The lowest BCUT2D eigenvalue weighted by atomic mass is 9.99. The zero-order valence-corrected chi connectivity index (χ0v) is 17.0. The molecular formula is C19H21N3O4S2. The van der Waals surface area contributed by atoms with E-state index in [4.69, 9.17) is 4.74 Å². The van der Waals surface area contributed by atoms with Crippen molar-refractivity contribution < 1.29 is 17.9 Å². The molecule has 2 heterocycles. The van der Waals surface area contributed by atoms with Crippen molar-refractivity contribution in [3.05, 3.63) is 33.2 Å². The maximum Gasteiger partial charge on any atom is 0.333 e. The Kier molecular flexibility index (Phi) is 4.31. The van der Waals surface area contributed by atoms with E-state index in [1.807, 2.05) is 0 Å². The number of aromatic nitrogens is 1. The fourth-order valence-corrected chi connectivity index (χ4v) is 6.60. The van der Waals surface area contributed by atoms with Crippen molar-refractivity contribution in [3.8, 4) is 5.88 Å². The number of fused-ring (bicyclic) bond motifs is 3. The predicted molar refractivity (Wildman–Crippen MR) is 106 cm³/mol. The molecule has 0 radical (unpaired) electrons. The highest BCUT2D eigenvalue weighted by Gasteiger charge is 2.29. The van der Waals surface area contributed by atoms with E-state index in [9.17, 15) is 13.2 Å². The summed E-state index contributed by atoms with van der Waals surface area (Å²) in [6, 6.07) is 1.54. The summed E-state index contributed by atoms with van der Waals surface area (Å²) >= 11 is 1.06. The third-order valence-corrected chi connectivity index (χ3v) is 8.40. The molecule has 148 valence electrons. The minimum absolute atomic E-state index is 0.127. The van der Waals surface area contributed by atoms with Gasteiger partial charge in [0.25, 0.3) is 10.0 Å². The molecule has 0 spiro atoms. The van der Waals surface area contributed by atoms with E-state index in [0.717, 1.165) is 84.4 Å². The first-order chi connectivity index (χ1) is 13.5. The Hall–Kier alpha value is -2.13. The molecule has 28 heavy (non-hydrogen) atoms. The molecule has 1 aromatic heterocycles. The van der Waals surface area contributed by atoms with Crippen molar-refractivity contribution in [2.24, 2.45) is 0 Å². The first-order valence-corrected chi connectivity index (χ1v) is 11.9. The van der Waals surface area contributed by atoms with E-state index in [-0.39, 0.29) is 4.34 Å². The minimum atomic E-state index is -4.04. The van der Waals surface area contributed by atoms with E-state index in [1.165, 1.54) is 11.1 Å². The van der Waals surface area contributed by atoms with E-state index in [0.29, 0.717) is 12.5 Å². The number of hydrogen-bond acceptors (Lipinski definition) is 6. The van der Waals surface area contributed by atoms with Crippen LogP contribution >= 0.6 is 11.3 Å². The first kappa shape index (κ1) is 17.9. The average molecular weight is 420 g/mol. The molecule has 0 saturated heterocycles. The van der Waals surface area contributed by atoms with E-state index in [1.54, 1.807) is 0 Å². The van der Waals surface area contributed by atoms with Gasteiger partial charge in [0.15, 0.2) is 0 Å². The number of amides is 2. The molecule has 2 amide bonds. The molecule has 5 rings (SSSR count). The minimum Gasteiger partial charge on any atom is -0.477 e. The smallest absolute Gasteiger partial charge is 0.333 e. The van der Waals surface area contributed by atoms with Gasteiger partial charge in [0.2, 0.25) is 10.2 Å². The highest BCUT2D eigenvalue weighted by Crippen LogP contribution is 2.38. The number of anilines is 1. The van der Waals surface area contributed by atoms with Crippen LogP contribution in [-0.2, 0) is 42.1 Å². The largest absolute Gasteiger partial charge is 0.477 e. The lowest BCUT2D eigenvalue weighted by molar-refractivity contribution is 0.256. The number of carbonyl (C=O) groups is 1. The van der Waals surface area contributed by atoms with Crippen LogP contribution in [-0.4, -0.2) is 26.0 Å². The van der Waals surface area contributed by atoms with E-state index >= 15 is 0 Å². The number of ether oxygens (including phenoxy) is 1. The fraction of sp³-hybridized carbons (Fsp3) is 0.474. The highest BCUT2D eigenvalue weighted by atomic mass is 32.2. The van der Waals surface area contributed by atoms with Gasteiger partial charge < -0.3 is 10.1 Å². The van der Waals surface area contributed by atoms with Crippen LogP contribution in [0.5, 0.6) is 5.88 Å². The molecule has 2 aromatic rings. The number of aryl methyl sites for hydroxylation is 3. The summed E-state index contributed by atoms with van der Waals surface area (Å²) in [6.45, 7) is 0.536. The lowest BCUT2D eigenvalue weighted by Gasteiger charge is -2.16. The van der Waals surface area contributed by atoms with Gasteiger partial charge in [-0.3, -0.25) is 0 Å². The summed E-state index contributed by atoms with van der Waals surface area (Å²) in [5, 5.41) is 2.85. The number of nitrogens with zero attached hydrogens (tertiary/aromatic N) is 1. The second-order valence-corrected chi connectivity index (χ2v) is 10.4. The maximum absolute atomic E-state index is 12.6. The highest BCUT2D eigenvalue weighted by molar-refractivity contribution is 7.92. The summed E-state index contributed by atoms with van der Waals surface area (Å²) in [5.41, 5.74) is 5.70. The molecule has 0 atom stereocenters. The zero-order valence-electron chi connectivity index (χ0n) is 15.3. The molecule has 3 aliphatic rings. The molecular weight excluding hydrogens is 398 g/mol. The van der Waals surface area contributed by atoms with Gasteiger partial charge in [-0.05, 0) is 73.6 Å². The predicted octanol–water partition coefficient (Wildman–Crippen LogP) is 2.96. The molecule has 0 unspecified atom stereocenters. The zero-order chi connectivity index (χ0) is 19.3. The Morgan fingerprint density at radius 1 is 1.04 bits per heavy atom. The van der Waals surface area contributed by atoms with Crippen LogP contribution in [0.1, 0.15) is 46.4 Å². The summed E-state index contributed by atoms with van der Waals surface area (Å²) in [6.07, 6.45) is 7.59. The van der Waals surface area contributed by atoms with Crippen LogP contribution in [0.2, 0.25) is 0 Å². The van der Waals surface area contributed by atoms with Crippen LogP contribution < -0.4 is 14.8 Å². The lowest BCUT2D eigenvalue weighted by Crippen LogP contribution is -2.35.